The lowest BCUT2D eigenvalue weighted by Gasteiger charge is -2.11. The van der Waals surface area contributed by atoms with Crippen LogP contribution in [-0.2, 0) is 16.0 Å². The lowest BCUT2D eigenvalue weighted by atomic mass is 10.4. The van der Waals surface area contributed by atoms with Crippen molar-refractivity contribution in [2.75, 3.05) is 40.0 Å². The molecular weight excluding hydrogens is 415 g/mol. The summed E-state index contributed by atoms with van der Waals surface area (Å²) in [7, 11) is 1.67. The van der Waals surface area contributed by atoms with Crippen LogP contribution < -0.4 is 10.6 Å². The number of aromatic nitrogens is 1. The fourth-order valence-corrected chi connectivity index (χ4v) is 2.56. The molecule has 0 aliphatic heterocycles. The number of guanidine groups is 1. The zero-order valence-corrected chi connectivity index (χ0v) is 16.9. The second kappa shape index (κ2) is 13.0. The Morgan fingerprint density at radius 3 is 2.59 bits per heavy atom. The summed E-state index contributed by atoms with van der Waals surface area (Å²) in [5.41, 5.74) is 1.07. The van der Waals surface area contributed by atoms with Gasteiger partial charge in [-0.15, -0.1) is 35.3 Å². The number of nitrogens with zero attached hydrogens (tertiary/aromatic N) is 2. The molecule has 0 amide bonds. The molecule has 0 saturated heterocycles. The minimum Gasteiger partial charge on any atom is -0.382 e. The molecule has 22 heavy (non-hydrogen) atoms. The number of hydrogen-bond donors (Lipinski definition) is 2. The zero-order chi connectivity index (χ0) is 15.5. The van der Waals surface area contributed by atoms with Crippen molar-refractivity contribution in [2.24, 2.45) is 4.99 Å². The van der Waals surface area contributed by atoms with Gasteiger partial charge in [0.2, 0.25) is 0 Å². The topological polar surface area (TPSA) is 67.8 Å². The van der Waals surface area contributed by atoms with Crippen molar-refractivity contribution in [3.05, 3.63) is 15.6 Å². The largest absolute Gasteiger partial charge is 0.382 e. The van der Waals surface area contributed by atoms with Gasteiger partial charge in [0.15, 0.2) is 5.96 Å². The fourth-order valence-electron chi connectivity index (χ4n) is 1.70. The molecule has 2 N–H and O–H groups in total. The molecule has 0 atom stereocenters. The van der Waals surface area contributed by atoms with E-state index in [4.69, 9.17) is 9.47 Å². The molecule has 6 nitrogen and oxygen atoms in total. The van der Waals surface area contributed by atoms with Crippen LogP contribution in [0.3, 0.4) is 0 Å². The molecule has 0 fully saturated rings. The van der Waals surface area contributed by atoms with Crippen molar-refractivity contribution in [3.8, 4) is 0 Å². The Hall–Kier alpha value is -0.450. The van der Waals surface area contributed by atoms with Gasteiger partial charge in [-0.3, -0.25) is 0 Å². The van der Waals surface area contributed by atoms with E-state index in [2.05, 4.69) is 20.6 Å². The highest BCUT2D eigenvalue weighted by atomic mass is 127. The molecule has 0 aliphatic carbocycles. The minimum atomic E-state index is 0. The monoisotopic (exact) mass is 442 g/mol. The summed E-state index contributed by atoms with van der Waals surface area (Å²) in [5.74, 6) is 0.804. The highest BCUT2D eigenvalue weighted by Crippen LogP contribution is 2.17. The average molecular weight is 442 g/mol. The van der Waals surface area contributed by atoms with Gasteiger partial charge in [0.1, 0.15) is 0 Å². The van der Waals surface area contributed by atoms with E-state index in [1.54, 1.807) is 18.4 Å². The molecule has 1 aromatic heterocycles. The normalized spacial score (nSPS) is 11.2. The van der Waals surface area contributed by atoms with E-state index in [1.807, 2.05) is 20.8 Å². The summed E-state index contributed by atoms with van der Waals surface area (Å²) in [6, 6.07) is 0. The smallest absolute Gasteiger partial charge is 0.191 e. The van der Waals surface area contributed by atoms with Crippen LogP contribution in [0.4, 0.5) is 0 Å². The molecule has 0 radical (unpaired) electrons. The fraction of sp³-hybridized carbons (Fsp3) is 0.714. The van der Waals surface area contributed by atoms with Crippen LogP contribution in [0.15, 0.2) is 4.99 Å². The maximum Gasteiger partial charge on any atom is 0.191 e. The van der Waals surface area contributed by atoms with Gasteiger partial charge in [-0.2, -0.15) is 0 Å². The van der Waals surface area contributed by atoms with E-state index >= 15 is 0 Å². The van der Waals surface area contributed by atoms with Gasteiger partial charge in [-0.1, -0.05) is 0 Å². The van der Waals surface area contributed by atoms with Gasteiger partial charge < -0.3 is 20.1 Å². The Kier molecular flexibility index (Phi) is 12.8. The number of rotatable bonds is 9. The quantitative estimate of drug-likeness (QED) is 0.265. The Morgan fingerprint density at radius 1 is 1.23 bits per heavy atom. The Bertz CT molecular complexity index is 440. The SMILES string of the molecule is CCNC(=NCc1sc(C)nc1C)NCCOCCOC.I. The van der Waals surface area contributed by atoms with Crippen LogP contribution in [0, 0.1) is 13.8 Å². The van der Waals surface area contributed by atoms with E-state index in [0.717, 1.165) is 29.8 Å². The first kappa shape index (κ1) is 21.6. The van der Waals surface area contributed by atoms with E-state index < -0.39 is 0 Å². The Labute approximate surface area is 154 Å². The summed E-state index contributed by atoms with van der Waals surface area (Å²) >= 11 is 1.70. The van der Waals surface area contributed by atoms with Gasteiger partial charge in [0.05, 0.1) is 37.1 Å². The standard InChI is InChI=1S/C14H26N4O2S.HI/c1-5-15-14(16-6-7-20-9-8-19-4)17-10-13-11(2)18-12(3)21-13;/h5-10H2,1-4H3,(H2,15,16,17);1H. The summed E-state index contributed by atoms with van der Waals surface area (Å²) in [5, 5.41) is 7.56. The number of nitrogens with one attached hydrogen (secondary N) is 2. The Morgan fingerprint density at radius 2 is 2.00 bits per heavy atom. The predicted molar refractivity (Wildman–Crippen MR) is 103 cm³/mol. The number of hydrogen-bond acceptors (Lipinski definition) is 5. The lowest BCUT2D eigenvalue weighted by molar-refractivity contribution is 0.0733. The molecule has 0 aromatic carbocycles. The maximum atomic E-state index is 5.41. The summed E-state index contributed by atoms with van der Waals surface area (Å²) in [6.45, 7) is 10.2. The molecule has 1 heterocycles. The molecule has 8 heteroatoms. The van der Waals surface area contributed by atoms with E-state index in [-0.39, 0.29) is 24.0 Å². The molecule has 0 spiro atoms. The van der Waals surface area contributed by atoms with E-state index in [0.29, 0.717) is 26.4 Å². The number of thiazole rings is 1. The van der Waals surface area contributed by atoms with Crippen molar-refractivity contribution in [1.82, 2.24) is 15.6 Å². The third kappa shape index (κ3) is 8.86. The van der Waals surface area contributed by atoms with Gasteiger partial charge in [0, 0.05) is 25.1 Å². The third-order valence-electron chi connectivity index (χ3n) is 2.70. The van der Waals surface area contributed by atoms with Crippen LogP contribution in [0.1, 0.15) is 22.5 Å². The molecule has 0 bridgehead atoms. The molecule has 0 aliphatic rings. The first-order valence-corrected chi connectivity index (χ1v) is 8.00. The Balaban J connectivity index is 0.00000441. The minimum absolute atomic E-state index is 0. The third-order valence-corrected chi connectivity index (χ3v) is 3.75. The van der Waals surface area contributed by atoms with Crippen molar-refractivity contribution >= 4 is 41.3 Å². The summed E-state index contributed by atoms with van der Waals surface area (Å²) in [6.07, 6.45) is 0. The second-order valence-corrected chi connectivity index (χ2v) is 5.76. The van der Waals surface area contributed by atoms with Gasteiger partial charge in [0.25, 0.3) is 0 Å². The zero-order valence-electron chi connectivity index (χ0n) is 13.8. The van der Waals surface area contributed by atoms with Crippen molar-refractivity contribution < 1.29 is 9.47 Å². The van der Waals surface area contributed by atoms with Crippen LogP contribution in [0.5, 0.6) is 0 Å². The first-order valence-electron chi connectivity index (χ1n) is 7.19. The van der Waals surface area contributed by atoms with Crippen molar-refractivity contribution in [1.29, 1.82) is 0 Å². The molecule has 0 unspecified atom stereocenters. The summed E-state index contributed by atoms with van der Waals surface area (Å²) in [4.78, 5) is 10.2. The van der Waals surface area contributed by atoms with Crippen LogP contribution in [-0.4, -0.2) is 51.0 Å². The van der Waals surface area contributed by atoms with E-state index in [9.17, 15) is 0 Å². The summed E-state index contributed by atoms with van der Waals surface area (Å²) < 4.78 is 10.3. The molecule has 128 valence electrons. The average Bonchev–Trinajstić information content (AvgIpc) is 2.78. The number of aryl methyl sites for hydroxylation is 2. The van der Waals surface area contributed by atoms with Crippen molar-refractivity contribution in [3.63, 3.8) is 0 Å². The van der Waals surface area contributed by atoms with Crippen LogP contribution in [0.25, 0.3) is 0 Å². The second-order valence-electron chi connectivity index (χ2n) is 4.47. The number of halogens is 1. The van der Waals surface area contributed by atoms with Gasteiger partial charge in [-0.25, -0.2) is 9.98 Å². The molecule has 0 saturated carbocycles. The van der Waals surface area contributed by atoms with Crippen LogP contribution in [0.2, 0.25) is 0 Å². The van der Waals surface area contributed by atoms with Gasteiger partial charge >= 0.3 is 0 Å². The van der Waals surface area contributed by atoms with Gasteiger partial charge in [-0.05, 0) is 20.8 Å². The molecule has 1 aromatic rings. The number of aliphatic imine (C=N–C) groups is 1. The predicted octanol–water partition coefficient (Wildman–Crippen LogP) is 2.10. The molecule has 1 rings (SSSR count). The number of methoxy groups -OCH3 is 1. The highest BCUT2D eigenvalue weighted by Gasteiger charge is 2.04. The lowest BCUT2D eigenvalue weighted by Crippen LogP contribution is -2.39. The van der Waals surface area contributed by atoms with E-state index in [1.165, 1.54) is 4.88 Å². The number of ether oxygens (including phenoxy) is 2. The highest BCUT2D eigenvalue weighted by molar-refractivity contribution is 14.0. The van der Waals surface area contributed by atoms with Crippen LogP contribution >= 0.6 is 35.3 Å². The van der Waals surface area contributed by atoms with Crippen molar-refractivity contribution in [2.45, 2.75) is 27.3 Å². The first-order chi connectivity index (χ1) is 10.2. The maximum absolute atomic E-state index is 5.41. The molecular formula is C14H27IN4O2S.